The second-order valence-corrected chi connectivity index (χ2v) is 9.64. The Kier molecular flexibility index (Phi) is 4.99. The summed E-state index contributed by atoms with van der Waals surface area (Å²) in [6, 6.07) is 40.1. The van der Waals surface area contributed by atoms with E-state index in [1.807, 2.05) is 0 Å². The van der Waals surface area contributed by atoms with Gasteiger partial charge in [0.05, 0.1) is 11.4 Å². The highest BCUT2D eigenvalue weighted by Gasteiger charge is 2.18. The summed E-state index contributed by atoms with van der Waals surface area (Å²) in [5.41, 5.74) is 3.53. The van der Waals surface area contributed by atoms with Gasteiger partial charge < -0.3 is 0 Å². The average Bonchev–Trinajstić information content (AvgIpc) is 3.04. The summed E-state index contributed by atoms with van der Waals surface area (Å²) in [5, 5.41) is 28.3. The third kappa shape index (κ3) is 3.56. The molecule has 7 nitrogen and oxygen atoms in total. The highest BCUT2D eigenvalue weighted by Crippen LogP contribution is 2.38. The molecule has 0 saturated heterocycles. The van der Waals surface area contributed by atoms with E-state index < -0.39 is 0 Å². The third-order valence-electron chi connectivity index (χ3n) is 7.37. The van der Waals surface area contributed by atoms with Gasteiger partial charge in [-0.15, -0.1) is 10.2 Å². The predicted molar refractivity (Wildman–Crippen MR) is 157 cm³/mol. The molecular weight excluding hydrogens is 494 g/mol. The molecular formula is C33H19N7. The van der Waals surface area contributed by atoms with Crippen LogP contribution in [0.3, 0.4) is 0 Å². The van der Waals surface area contributed by atoms with Crippen molar-refractivity contribution in [3.05, 3.63) is 115 Å². The summed E-state index contributed by atoms with van der Waals surface area (Å²) in [6.07, 6.45) is 0. The normalized spacial score (nSPS) is 11.5. The van der Waals surface area contributed by atoms with Crippen molar-refractivity contribution < 1.29 is 0 Å². The van der Waals surface area contributed by atoms with E-state index in [9.17, 15) is 0 Å². The van der Waals surface area contributed by atoms with Crippen molar-refractivity contribution in [3.8, 4) is 34.2 Å². The van der Waals surface area contributed by atoms with Crippen molar-refractivity contribution in [1.82, 2.24) is 35.8 Å². The summed E-state index contributed by atoms with van der Waals surface area (Å²) in [6.45, 7) is 0. The Morgan fingerprint density at radius 1 is 0.350 bits per heavy atom. The van der Waals surface area contributed by atoms with E-state index in [1.165, 1.54) is 10.8 Å². The summed E-state index contributed by atoms with van der Waals surface area (Å²) in [4.78, 5) is 9.91. The summed E-state index contributed by atoms with van der Waals surface area (Å²) in [7, 11) is 0. The minimum atomic E-state index is 0.216. The number of nitrogens with zero attached hydrogens (tertiary/aromatic N) is 7. The molecule has 2 aromatic heterocycles. The van der Waals surface area contributed by atoms with Crippen LogP contribution >= 0.6 is 0 Å². The molecule has 0 N–H and O–H groups in total. The molecule has 7 heteroatoms. The first-order chi connectivity index (χ1) is 19.8. The lowest BCUT2D eigenvalue weighted by Crippen LogP contribution is -2.03. The van der Waals surface area contributed by atoms with E-state index in [0.29, 0.717) is 5.82 Å². The highest BCUT2D eigenvalue weighted by molar-refractivity contribution is 6.15. The average molecular weight is 514 g/mol. The minimum Gasteiger partial charge on any atom is -0.225 e. The molecule has 0 bridgehead atoms. The van der Waals surface area contributed by atoms with Crippen LogP contribution in [0.1, 0.15) is 0 Å². The van der Waals surface area contributed by atoms with Gasteiger partial charge >= 0.3 is 0 Å². The Morgan fingerprint density at radius 3 is 1.27 bits per heavy atom. The summed E-state index contributed by atoms with van der Waals surface area (Å²) < 4.78 is 0. The van der Waals surface area contributed by atoms with E-state index >= 15 is 0 Å². The fraction of sp³-hybridized carbons (Fsp3) is 0. The predicted octanol–water partition coefficient (Wildman–Crippen LogP) is 7.07. The van der Waals surface area contributed by atoms with Crippen LogP contribution in [0, 0.1) is 0 Å². The van der Waals surface area contributed by atoms with Crippen LogP contribution in [-0.4, -0.2) is 35.8 Å². The lowest BCUT2D eigenvalue weighted by Gasteiger charge is -2.14. The molecule has 0 aliphatic carbocycles. The van der Waals surface area contributed by atoms with Crippen LogP contribution < -0.4 is 0 Å². The van der Waals surface area contributed by atoms with Crippen molar-refractivity contribution in [2.75, 3.05) is 0 Å². The van der Waals surface area contributed by atoms with Gasteiger partial charge in [-0.3, -0.25) is 0 Å². The van der Waals surface area contributed by atoms with Crippen molar-refractivity contribution >= 4 is 43.1 Å². The Morgan fingerprint density at radius 2 is 0.775 bits per heavy atom. The van der Waals surface area contributed by atoms with Crippen LogP contribution in [0.5, 0.6) is 0 Å². The summed E-state index contributed by atoms with van der Waals surface area (Å²) >= 11 is 0. The minimum absolute atomic E-state index is 0.216. The van der Waals surface area contributed by atoms with Crippen molar-refractivity contribution in [2.45, 2.75) is 0 Å². The largest absolute Gasteiger partial charge is 0.244 e. The quantitative estimate of drug-likeness (QED) is 0.233. The molecule has 186 valence electrons. The van der Waals surface area contributed by atoms with Gasteiger partial charge in [0, 0.05) is 11.1 Å². The Hall–Kier alpha value is -5.69. The third-order valence-corrected chi connectivity index (χ3v) is 7.37. The number of fused-ring (bicyclic) bond motifs is 6. The van der Waals surface area contributed by atoms with Crippen LogP contribution in [0.4, 0.5) is 0 Å². The number of hydrogen-bond donors (Lipinski definition) is 0. The first-order valence-electron chi connectivity index (χ1n) is 12.9. The van der Waals surface area contributed by atoms with Crippen molar-refractivity contribution in [3.63, 3.8) is 0 Å². The van der Waals surface area contributed by atoms with Gasteiger partial charge in [0.15, 0.2) is 0 Å². The monoisotopic (exact) mass is 513 g/mol. The topological polar surface area (TPSA) is 90.2 Å². The number of aromatic nitrogens is 7. The Bertz CT molecular complexity index is 2090. The summed E-state index contributed by atoms with van der Waals surface area (Å²) in [5.74, 6) is 0.553. The van der Waals surface area contributed by atoms with E-state index in [0.717, 1.165) is 54.8 Å². The lowest BCUT2D eigenvalue weighted by molar-refractivity contribution is 0.683. The Labute approximate surface area is 228 Å². The fourth-order valence-corrected chi connectivity index (χ4v) is 5.61. The molecule has 40 heavy (non-hydrogen) atoms. The highest BCUT2D eigenvalue weighted by atomic mass is 15.5. The van der Waals surface area contributed by atoms with Gasteiger partial charge in [-0.05, 0) is 76.9 Å². The van der Waals surface area contributed by atoms with E-state index in [4.69, 9.17) is 9.97 Å². The van der Waals surface area contributed by atoms with E-state index in [1.54, 1.807) is 0 Å². The molecule has 0 unspecified atom stereocenters. The zero-order valence-electron chi connectivity index (χ0n) is 21.1. The van der Waals surface area contributed by atoms with Crippen LogP contribution in [0.25, 0.3) is 77.3 Å². The molecule has 0 spiro atoms. The number of benzene rings is 6. The molecule has 0 amide bonds. The molecule has 0 radical (unpaired) electrons. The van der Waals surface area contributed by atoms with Gasteiger partial charge in [0.25, 0.3) is 0 Å². The smallest absolute Gasteiger partial charge is 0.225 e. The van der Waals surface area contributed by atoms with E-state index in [2.05, 4.69) is 141 Å². The molecule has 2 heterocycles. The van der Waals surface area contributed by atoms with Crippen LogP contribution in [0.2, 0.25) is 0 Å². The maximum atomic E-state index is 4.95. The molecule has 8 aromatic rings. The number of rotatable bonds is 3. The standard InChI is InChI=1S/C33H19N7/c1-3-11-22-20(9-1)17-28(26-15-7-5-13-24(22)26)30-19-31(35-32(34-30)33-36-38-40-39-37-33)29-18-21-10-2-4-12-23(21)25-14-6-8-16-27(25)29/h1-19H. The molecule has 8 rings (SSSR count). The van der Waals surface area contributed by atoms with Gasteiger partial charge in [-0.1, -0.05) is 97.1 Å². The van der Waals surface area contributed by atoms with Crippen LogP contribution in [0.15, 0.2) is 115 Å². The first-order valence-corrected chi connectivity index (χ1v) is 12.9. The second kappa shape index (κ2) is 8.96. The van der Waals surface area contributed by atoms with Gasteiger partial charge in [-0.25, -0.2) is 9.97 Å². The molecule has 0 fully saturated rings. The SMILES string of the molecule is c1ccc2c(c1)cc(-c1cc(-c3cc4ccccc4c4ccccc34)nc(-c3nnnnn3)n1)c1ccccc12. The maximum Gasteiger partial charge on any atom is 0.244 e. The molecule has 0 aliphatic rings. The maximum absolute atomic E-state index is 4.95. The molecule has 0 aliphatic heterocycles. The zero-order chi connectivity index (χ0) is 26.5. The molecule has 0 atom stereocenters. The Balaban J connectivity index is 1.47. The lowest BCUT2D eigenvalue weighted by atomic mass is 9.93. The zero-order valence-corrected chi connectivity index (χ0v) is 21.1. The fourth-order valence-electron chi connectivity index (χ4n) is 5.61. The molecule has 6 aromatic carbocycles. The van der Waals surface area contributed by atoms with Gasteiger partial charge in [0.1, 0.15) is 0 Å². The van der Waals surface area contributed by atoms with Crippen molar-refractivity contribution in [2.24, 2.45) is 0 Å². The first kappa shape index (κ1) is 22.3. The number of hydrogen-bond acceptors (Lipinski definition) is 7. The van der Waals surface area contributed by atoms with Crippen LogP contribution in [-0.2, 0) is 0 Å². The second-order valence-electron chi connectivity index (χ2n) is 9.64. The van der Waals surface area contributed by atoms with Crippen molar-refractivity contribution in [1.29, 1.82) is 0 Å². The molecule has 0 saturated carbocycles. The van der Waals surface area contributed by atoms with Gasteiger partial charge in [-0.2, -0.15) is 0 Å². The van der Waals surface area contributed by atoms with E-state index in [-0.39, 0.29) is 5.82 Å². The van der Waals surface area contributed by atoms with Gasteiger partial charge in [0.2, 0.25) is 11.6 Å².